The molecule has 0 amide bonds. The Morgan fingerprint density at radius 1 is 1.44 bits per heavy atom. The van der Waals surface area contributed by atoms with Gasteiger partial charge in [0.2, 0.25) is 10.1 Å². The summed E-state index contributed by atoms with van der Waals surface area (Å²) < 4.78 is 36.4. The van der Waals surface area contributed by atoms with Crippen LogP contribution in [0.5, 0.6) is 0 Å². The highest BCUT2D eigenvalue weighted by Crippen LogP contribution is 2.32. The molecule has 0 fully saturated rings. The van der Waals surface area contributed by atoms with Crippen molar-refractivity contribution in [2.24, 2.45) is 0 Å². The predicted octanol–water partition coefficient (Wildman–Crippen LogP) is 2.13. The summed E-state index contributed by atoms with van der Waals surface area (Å²) >= 11 is 0.459. The highest BCUT2D eigenvalue weighted by molar-refractivity contribution is 7.15. The van der Waals surface area contributed by atoms with Gasteiger partial charge >= 0.3 is 6.18 Å². The Morgan fingerprint density at radius 2 is 2.12 bits per heavy atom. The monoisotopic (exact) mass is 255 g/mol. The number of aliphatic hydroxyl groups is 1. The molecule has 1 unspecified atom stereocenters. The summed E-state index contributed by atoms with van der Waals surface area (Å²) in [4.78, 5) is 0. The average molecular weight is 255 g/mol. The molecule has 0 aliphatic rings. The van der Waals surface area contributed by atoms with Crippen LogP contribution in [0.1, 0.15) is 24.8 Å². The van der Waals surface area contributed by atoms with Gasteiger partial charge in [-0.2, -0.15) is 13.2 Å². The van der Waals surface area contributed by atoms with E-state index in [-0.39, 0.29) is 5.13 Å². The first-order valence-electron chi connectivity index (χ1n) is 4.76. The molecule has 4 nitrogen and oxygen atoms in total. The van der Waals surface area contributed by atoms with E-state index in [0.29, 0.717) is 30.7 Å². The fourth-order valence-corrected chi connectivity index (χ4v) is 1.60. The molecule has 1 heterocycles. The standard InChI is InChI=1S/C8H12F3N3OS/c1-2-5(15)3-4-12-7-14-13-6(16-7)8(9,10)11/h5,15H,2-4H2,1H3,(H,12,14). The van der Waals surface area contributed by atoms with Gasteiger partial charge in [-0.05, 0) is 12.8 Å². The summed E-state index contributed by atoms with van der Waals surface area (Å²) in [5, 5.41) is 17.4. The van der Waals surface area contributed by atoms with Gasteiger partial charge in [-0.3, -0.25) is 0 Å². The predicted molar refractivity (Wildman–Crippen MR) is 54.3 cm³/mol. The van der Waals surface area contributed by atoms with Crippen LogP contribution in [0.25, 0.3) is 0 Å². The Kier molecular flexibility index (Phi) is 4.48. The van der Waals surface area contributed by atoms with Gasteiger partial charge in [0.05, 0.1) is 6.10 Å². The van der Waals surface area contributed by atoms with Crippen LogP contribution >= 0.6 is 11.3 Å². The Balaban J connectivity index is 2.41. The van der Waals surface area contributed by atoms with E-state index in [1.165, 1.54) is 0 Å². The van der Waals surface area contributed by atoms with Gasteiger partial charge in [0, 0.05) is 6.54 Å². The zero-order chi connectivity index (χ0) is 12.2. The van der Waals surface area contributed by atoms with E-state index >= 15 is 0 Å². The first kappa shape index (κ1) is 13.2. The van der Waals surface area contributed by atoms with E-state index in [1.807, 2.05) is 6.92 Å². The van der Waals surface area contributed by atoms with Gasteiger partial charge in [-0.15, -0.1) is 10.2 Å². The lowest BCUT2D eigenvalue weighted by Crippen LogP contribution is -2.12. The number of nitrogens with zero attached hydrogens (tertiary/aromatic N) is 2. The van der Waals surface area contributed by atoms with Crippen molar-refractivity contribution in [3.05, 3.63) is 5.01 Å². The lowest BCUT2D eigenvalue weighted by Gasteiger charge is -2.06. The molecule has 0 aromatic carbocycles. The summed E-state index contributed by atoms with van der Waals surface area (Å²) in [6.45, 7) is 2.21. The number of hydrogen-bond donors (Lipinski definition) is 2. The SMILES string of the molecule is CCC(O)CCNc1nnc(C(F)(F)F)s1. The Morgan fingerprint density at radius 3 is 2.62 bits per heavy atom. The molecule has 1 aromatic rings. The molecule has 0 saturated heterocycles. The zero-order valence-corrected chi connectivity index (χ0v) is 9.40. The van der Waals surface area contributed by atoms with Gasteiger partial charge in [0.15, 0.2) is 0 Å². The van der Waals surface area contributed by atoms with E-state index in [1.54, 1.807) is 0 Å². The number of alkyl halides is 3. The molecular formula is C8H12F3N3OS. The van der Waals surface area contributed by atoms with Crippen LogP contribution in [0, 0.1) is 0 Å². The minimum atomic E-state index is -4.44. The smallest absolute Gasteiger partial charge is 0.393 e. The van der Waals surface area contributed by atoms with Crippen molar-refractivity contribution in [1.29, 1.82) is 0 Å². The summed E-state index contributed by atoms with van der Waals surface area (Å²) in [7, 11) is 0. The quantitative estimate of drug-likeness (QED) is 0.846. The number of rotatable bonds is 5. The van der Waals surface area contributed by atoms with Crippen LogP contribution in [0.15, 0.2) is 0 Å². The number of aromatic nitrogens is 2. The van der Waals surface area contributed by atoms with E-state index in [9.17, 15) is 18.3 Å². The normalized spacial score (nSPS) is 13.8. The molecule has 0 radical (unpaired) electrons. The van der Waals surface area contributed by atoms with Crippen LogP contribution in [0.2, 0.25) is 0 Å². The molecule has 2 N–H and O–H groups in total. The molecule has 0 saturated carbocycles. The molecule has 8 heteroatoms. The zero-order valence-electron chi connectivity index (χ0n) is 8.58. The van der Waals surface area contributed by atoms with Gasteiger partial charge in [0.1, 0.15) is 0 Å². The highest BCUT2D eigenvalue weighted by Gasteiger charge is 2.35. The topological polar surface area (TPSA) is 58.0 Å². The van der Waals surface area contributed by atoms with Gasteiger partial charge in [-0.1, -0.05) is 18.3 Å². The van der Waals surface area contributed by atoms with Crippen molar-refractivity contribution in [1.82, 2.24) is 10.2 Å². The van der Waals surface area contributed by atoms with Crippen LogP contribution in [-0.4, -0.2) is 28.0 Å². The number of hydrogen-bond acceptors (Lipinski definition) is 5. The molecule has 1 rings (SSSR count). The van der Waals surface area contributed by atoms with Gasteiger partial charge < -0.3 is 10.4 Å². The van der Waals surface area contributed by atoms with Gasteiger partial charge in [-0.25, -0.2) is 0 Å². The maximum Gasteiger partial charge on any atom is 0.445 e. The third-order valence-corrected chi connectivity index (χ3v) is 2.82. The lowest BCUT2D eigenvalue weighted by molar-refractivity contribution is -0.138. The Hall–Kier alpha value is -0.890. The molecular weight excluding hydrogens is 243 g/mol. The van der Waals surface area contributed by atoms with E-state index in [4.69, 9.17) is 0 Å². The second kappa shape index (κ2) is 5.44. The molecule has 92 valence electrons. The molecule has 0 aliphatic carbocycles. The summed E-state index contributed by atoms with van der Waals surface area (Å²) in [5.74, 6) is 0. The third-order valence-electron chi connectivity index (χ3n) is 1.89. The largest absolute Gasteiger partial charge is 0.445 e. The van der Waals surface area contributed by atoms with E-state index in [0.717, 1.165) is 0 Å². The number of halogens is 3. The van der Waals surface area contributed by atoms with Crippen molar-refractivity contribution in [3.63, 3.8) is 0 Å². The highest BCUT2D eigenvalue weighted by atomic mass is 32.1. The number of nitrogens with one attached hydrogen (secondary N) is 1. The number of anilines is 1. The van der Waals surface area contributed by atoms with Crippen LogP contribution in [0.3, 0.4) is 0 Å². The number of aliphatic hydroxyl groups excluding tert-OH is 1. The summed E-state index contributed by atoms with van der Waals surface area (Å²) in [6.07, 6.45) is -3.80. The second-order valence-electron chi connectivity index (χ2n) is 3.19. The fourth-order valence-electron chi connectivity index (χ4n) is 0.959. The lowest BCUT2D eigenvalue weighted by atomic mass is 10.2. The molecule has 16 heavy (non-hydrogen) atoms. The summed E-state index contributed by atoms with van der Waals surface area (Å²) in [5.41, 5.74) is 0. The Labute approximate surface area is 94.5 Å². The first-order valence-corrected chi connectivity index (χ1v) is 5.57. The minimum absolute atomic E-state index is 0.121. The fraction of sp³-hybridized carbons (Fsp3) is 0.750. The van der Waals surface area contributed by atoms with Crippen molar-refractivity contribution in [2.45, 2.75) is 32.0 Å². The molecule has 1 aromatic heterocycles. The maximum atomic E-state index is 12.1. The van der Waals surface area contributed by atoms with Gasteiger partial charge in [0.25, 0.3) is 0 Å². The van der Waals surface area contributed by atoms with E-state index in [2.05, 4.69) is 15.5 Å². The van der Waals surface area contributed by atoms with Crippen LogP contribution < -0.4 is 5.32 Å². The van der Waals surface area contributed by atoms with E-state index < -0.39 is 17.3 Å². The molecule has 0 spiro atoms. The van der Waals surface area contributed by atoms with Crippen molar-refractivity contribution in [2.75, 3.05) is 11.9 Å². The minimum Gasteiger partial charge on any atom is -0.393 e. The van der Waals surface area contributed by atoms with Crippen LogP contribution in [0.4, 0.5) is 18.3 Å². The van der Waals surface area contributed by atoms with Crippen molar-refractivity contribution >= 4 is 16.5 Å². The maximum absolute atomic E-state index is 12.1. The van der Waals surface area contributed by atoms with Crippen LogP contribution in [-0.2, 0) is 6.18 Å². The Bertz CT molecular complexity index is 329. The third kappa shape index (κ3) is 3.93. The van der Waals surface area contributed by atoms with Crippen molar-refractivity contribution in [3.8, 4) is 0 Å². The summed E-state index contributed by atoms with van der Waals surface area (Å²) in [6, 6.07) is 0. The van der Waals surface area contributed by atoms with Crippen molar-refractivity contribution < 1.29 is 18.3 Å². The second-order valence-corrected chi connectivity index (χ2v) is 4.17. The average Bonchev–Trinajstić information content (AvgIpc) is 2.65. The molecule has 0 bridgehead atoms. The molecule has 1 atom stereocenters. The molecule has 0 aliphatic heterocycles. The first-order chi connectivity index (χ1) is 7.43.